The first kappa shape index (κ1) is 60.9. The average Bonchev–Trinajstić information content (AvgIpc) is 1.74. The van der Waals surface area contributed by atoms with Gasteiger partial charge in [-0.25, -0.2) is 14.0 Å². The lowest BCUT2D eigenvalue weighted by atomic mass is 10.0. The zero-order chi connectivity index (χ0) is 63.3. The van der Waals surface area contributed by atoms with Crippen molar-refractivity contribution >= 4 is 65.0 Å². The normalized spacial score (nSPS) is 14.3. The smallest absolute Gasteiger partial charge is 0.251 e. The molecule has 3 aliphatic carbocycles. The number of nitrogens with zero attached hydrogens (tertiary/aromatic N) is 6. The lowest BCUT2D eigenvalue weighted by Crippen LogP contribution is -2.25. The van der Waals surface area contributed by atoms with E-state index in [1.54, 1.807) is 84.9 Å². The van der Waals surface area contributed by atoms with Crippen LogP contribution < -0.4 is 27.8 Å². The average molecular weight is 1210 g/mol. The van der Waals surface area contributed by atoms with Crippen LogP contribution in [-0.2, 0) is 9.47 Å². The molecule has 0 unspecified atom stereocenters. The molecule has 3 aromatic heterocycles. The van der Waals surface area contributed by atoms with Crippen LogP contribution in [0.15, 0.2) is 146 Å². The fourth-order valence-electron chi connectivity index (χ4n) is 10.2. The van der Waals surface area contributed by atoms with Gasteiger partial charge in [0.15, 0.2) is 29.4 Å². The molecule has 8 N–H and O–H groups in total. The highest BCUT2D eigenvalue weighted by Crippen LogP contribution is 2.35. The molecular weight excluding hydrogens is 1140 g/mol. The van der Waals surface area contributed by atoms with Gasteiger partial charge in [0.1, 0.15) is 30.0 Å². The number of anilines is 3. The third kappa shape index (κ3) is 13.7. The van der Waals surface area contributed by atoms with Crippen LogP contribution in [0.25, 0.3) is 17.1 Å². The zero-order valence-electron chi connectivity index (χ0n) is 49.7. The summed E-state index contributed by atoms with van der Waals surface area (Å²) in [6.07, 6.45) is 12.0. The van der Waals surface area contributed by atoms with Crippen molar-refractivity contribution in [2.45, 2.75) is 84.1 Å². The summed E-state index contributed by atoms with van der Waals surface area (Å²) in [4.78, 5) is 98.2. The minimum absolute atomic E-state index is 0.112. The molecule has 1 aliphatic heterocycles. The van der Waals surface area contributed by atoms with E-state index >= 15 is 0 Å². The third-order valence-electron chi connectivity index (χ3n) is 15.9. The molecule has 21 heteroatoms. The number of Topliss-reactive ketones (excluding diaryl/α,β-unsaturated/α-hetero) is 1. The maximum Gasteiger partial charge on any atom is 0.251 e. The number of nitrogens with one attached hydrogen (secondary N) is 2. The monoisotopic (exact) mass is 1210 g/mol. The molecule has 0 radical (unpaired) electrons. The Labute approximate surface area is 517 Å². The maximum atomic E-state index is 13.2. The standard InChI is InChI=1S/C24H24N4O4.C23H21N3O3.C22H20N4O3/c1-14-5-6-16(23(30)27-18-7-8-18)12-20(14)28-22(25)19(13-26-28)21(29)15-3-2-4-17(11-15)24-31-9-10-32-24;1-14-5-8-17(21(28)10-15-6-7-15)11-20(14)26-23(24)19(12-25-26)22(29)18-4-2-3-16(9-18)13-27;1-13-5-6-16(22(29)25-17-7-8-17)10-19(13)26-21(23)18(11-24-26)20(28)15-4-2-3-14(9-15)12-27/h2-6,11-13,18,24H,7-10,25H2,1H3,(H,27,30);2-5,8-9,11-13,15H,6-7,10,24H2,1H3;2-6,9-12,17H,7-8,23H2,1H3,(H,25,29). The summed E-state index contributed by atoms with van der Waals surface area (Å²) in [7, 11) is 0. The number of aromatic nitrogens is 6. The molecule has 21 nitrogen and oxygen atoms in total. The first-order valence-electron chi connectivity index (χ1n) is 29.5. The number of aryl methyl sites for hydroxylation is 3. The van der Waals surface area contributed by atoms with Gasteiger partial charge >= 0.3 is 0 Å². The van der Waals surface area contributed by atoms with Crippen molar-refractivity contribution < 1.29 is 47.8 Å². The Bertz CT molecular complexity index is 4130. The number of nitrogen functional groups attached to an aromatic ring is 3. The number of hydrogen-bond acceptors (Lipinski definition) is 16. The van der Waals surface area contributed by atoms with Gasteiger partial charge in [-0.15, -0.1) is 0 Å². The van der Waals surface area contributed by atoms with Crippen molar-refractivity contribution in [2.75, 3.05) is 30.4 Å². The first-order chi connectivity index (χ1) is 43.5. The summed E-state index contributed by atoms with van der Waals surface area (Å²) in [5, 5.41) is 18.9. The number of ketones is 4. The topological polar surface area (TPSA) is 311 Å². The Kier molecular flexibility index (Phi) is 17.8. The number of rotatable bonds is 19. The minimum atomic E-state index is -0.463. The highest BCUT2D eigenvalue weighted by Gasteiger charge is 2.29. The fraction of sp³-hybridized carbons (Fsp3) is 0.232. The lowest BCUT2D eigenvalue weighted by molar-refractivity contribution is -0.0441. The first-order valence-corrected chi connectivity index (χ1v) is 29.5. The Morgan fingerprint density at radius 1 is 0.478 bits per heavy atom. The van der Waals surface area contributed by atoms with E-state index in [-0.39, 0.29) is 75.6 Å². The third-order valence-corrected chi connectivity index (χ3v) is 15.9. The quantitative estimate of drug-likeness (QED) is 0.0372. The maximum absolute atomic E-state index is 13.2. The second-order valence-electron chi connectivity index (χ2n) is 22.8. The largest absolute Gasteiger partial charge is 0.383 e. The van der Waals surface area contributed by atoms with Gasteiger partial charge < -0.3 is 37.3 Å². The Hall–Kier alpha value is -10.8. The second kappa shape index (κ2) is 26.3. The Balaban J connectivity index is 0.000000139. The van der Waals surface area contributed by atoms with Crippen molar-refractivity contribution in [3.63, 3.8) is 0 Å². The summed E-state index contributed by atoms with van der Waals surface area (Å²) in [5.74, 6) is 0.0790. The summed E-state index contributed by atoms with van der Waals surface area (Å²) in [6, 6.07) is 36.7. The number of hydrogen-bond donors (Lipinski definition) is 5. The van der Waals surface area contributed by atoms with Gasteiger partial charge in [0.2, 0.25) is 0 Å². The number of nitrogens with two attached hydrogens (primary N) is 3. The predicted octanol–water partition coefficient (Wildman–Crippen LogP) is 9.42. The van der Waals surface area contributed by atoms with Crippen molar-refractivity contribution in [2.24, 2.45) is 5.92 Å². The summed E-state index contributed by atoms with van der Waals surface area (Å²) in [5.41, 5.74) is 28.7. The Morgan fingerprint density at radius 3 is 1.24 bits per heavy atom. The molecule has 6 aromatic carbocycles. The number of ether oxygens (including phenoxy) is 2. The molecular formula is C69H65N11O10. The molecule has 0 spiro atoms. The molecule has 456 valence electrons. The molecule has 0 atom stereocenters. The van der Waals surface area contributed by atoms with E-state index in [0.717, 1.165) is 60.8 Å². The van der Waals surface area contributed by atoms with E-state index in [9.17, 15) is 38.4 Å². The highest BCUT2D eigenvalue weighted by atomic mass is 16.7. The van der Waals surface area contributed by atoms with Crippen LogP contribution in [0, 0.1) is 26.7 Å². The van der Waals surface area contributed by atoms with Gasteiger partial charge in [0.05, 0.1) is 65.6 Å². The lowest BCUT2D eigenvalue weighted by Gasteiger charge is -2.12. The van der Waals surface area contributed by atoms with E-state index < -0.39 is 6.29 Å². The van der Waals surface area contributed by atoms with Gasteiger partial charge in [0, 0.05) is 68.6 Å². The Morgan fingerprint density at radius 2 is 0.856 bits per heavy atom. The number of aldehydes is 2. The van der Waals surface area contributed by atoms with Crippen LogP contribution in [0.2, 0.25) is 0 Å². The minimum Gasteiger partial charge on any atom is -0.383 e. The highest BCUT2D eigenvalue weighted by molar-refractivity contribution is 6.14. The van der Waals surface area contributed by atoms with Gasteiger partial charge in [-0.2, -0.15) is 15.3 Å². The molecule has 1 saturated heterocycles. The van der Waals surface area contributed by atoms with E-state index in [0.29, 0.717) is 105 Å². The summed E-state index contributed by atoms with van der Waals surface area (Å²) >= 11 is 0. The molecule has 4 fully saturated rings. The van der Waals surface area contributed by atoms with Crippen LogP contribution in [0.1, 0.15) is 173 Å². The van der Waals surface area contributed by atoms with Gasteiger partial charge in [-0.1, -0.05) is 78.9 Å². The van der Waals surface area contributed by atoms with Crippen molar-refractivity contribution in [1.82, 2.24) is 40.0 Å². The molecule has 13 rings (SSSR count). The number of carbonyl (C=O) groups excluding carboxylic acids is 8. The van der Waals surface area contributed by atoms with E-state index in [1.807, 2.05) is 51.1 Å². The van der Waals surface area contributed by atoms with Crippen LogP contribution in [0.4, 0.5) is 17.5 Å². The molecule has 0 bridgehead atoms. The SMILES string of the molecule is Cc1ccc(C(=O)CC2CC2)cc1-n1ncc(C(=O)c2cccc(C=O)c2)c1N.Cc1ccc(C(=O)NC2CC2)cc1-n1ncc(C(=O)c2cccc(C3OCCO3)c2)c1N.Cc1ccc(C(=O)NC2CC2)cc1-n1ncc(C(=O)c2cccc(C=O)c2)c1N. The molecule has 9 aromatic rings. The van der Waals surface area contributed by atoms with Gasteiger partial charge in [0.25, 0.3) is 11.8 Å². The molecule has 2 amide bonds. The number of benzene rings is 6. The van der Waals surface area contributed by atoms with Crippen LogP contribution in [-0.4, -0.2) is 102 Å². The van der Waals surface area contributed by atoms with Crippen molar-refractivity contribution in [3.05, 3.63) is 229 Å². The van der Waals surface area contributed by atoms with E-state index in [1.165, 1.54) is 44.8 Å². The van der Waals surface area contributed by atoms with Crippen molar-refractivity contribution in [3.8, 4) is 17.1 Å². The van der Waals surface area contributed by atoms with Crippen LogP contribution in [0.5, 0.6) is 0 Å². The predicted molar refractivity (Wildman–Crippen MR) is 336 cm³/mol. The van der Waals surface area contributed by atoms with Gasteiger partial charge in [-0.05, 0) is 130 Å². The zero-order valence-corrected chi connectivity index (χ0v) is 49.7. The summed E-state index contributed by atoms with van der Waals surface area (Å²) in [6.45, 7) is 6.75. The molecule has 90 heavy (non-hydrogen) atoms. The summed E-state index contributed by atoms with van der Waals surface area (Å²) < 4.78 is 15.5. The molecule has 4 aliphatic rings. The van der Waals surface area contributed by atoms with Crippen LogP contribution >= 0.6 is 0 Å². The fourth-order valence-corrected chi connectivity index (χ4v) is 10.2. The van der Waals surface area contributed by atoms with Crippen LogP contribution in [0.3, 0.4) is 0 Å². The second-order valence-corrected chi connectivity index (χ2v) is 22.8. The van der Waals surface area contributed by atoms with Crippen molar-refractivity contribution in [1.29, 1.82) is 0 Å². The number of carbonyl (C=O) groups is 8. The van der Waals surface area contributed by atoms with Gasteiger partial charge in [-0.3, -0.25) is 38.4 Å². The van der Waals surface area contributed by atoms with E-state index in [4.69, 9.17) is 26.7 Å². The van der Waals surface area contributed by atoms with E-state index in [2.05, 4.69) is 25.9 Å². The molecule has 3 saturated carbocycles. The number of amides is 2. The molecule has 4 heterocycles.